The van der Waals surface area contributed by atoms with Crippen LogP contribution < -0.4 is 10.6 Å². The third kappa shape index (κ3) is 5.03. The van der Waals surface area contributed by atoms with Crippen LogP contribution in [0.5, 0.6) is 0 Å². The fraction of sp³-hybridized carbons (Fsp3) is 0.857. The first-order valence-electron chi connectivity index (χ1n) is 11.4. The molecular weight excluding hydrogens is 441 g/mol. The van der Waals surface area contributed by atoms with E-state index in [2.05, 4.69) is 25.7 Å². The SMILES string of the molecule is Cl.Cl.O=C(NCc1noc(C2CCC2)n1)[C@@]12CC[C@@H](N3CCOCC3)C[C@H]1CCNC2. The van der Waals surface area contributed by atoms with E-state index in [9.17, 15) is 4.79 Å². The van der Waals surface area contributed by atoms with E-state index in [1.54, 1.807) is 0 Å². The van der Waals surface area contributed by atoms with Gasteiger partial charge in [0, 0.05) is 31.6 Å². The second-order valence-electron chi connectivity index (χ2n) is 9.25. The van der Waals surface area contributed by atoms with Crippen molar-refractivity contribution in [1.82, 2.24) is 25.7 Å². The van der Waals surface area contributed by atoms with E-state index >= 15 is 0 Å². The average molecular weight is 476 g/mol. The van der Waals surface area contributed by atoms with Crippen LogP contribution in [0.3, 0.4) is 0 Å². The quantitative estimate of drug-likeness (QED) is 0.674. The van der Waals surface area contributed by atoms with Crippen molar-refractivity contribution in [3.63, 3.8) is 0 Å². The molecule has 1 aromatic rings. The highest BCUT2D eigenvalue weighted by atomic mass is 35.5. The van der Waals surface area contributed by atoms with Gasteiger partial charge in [0.05, 0.1) is 25.2 Å². The van der Waals surface area contributed by atoms with Gasteiger partial charge in [0.25, 0.3) is 0 Å². The minimum absolute atomic E-state index is 0. The number of nitrogens with zero attached hydrogens (tertiary/aromatic N) is 3. The first-order chi connectivity index (χ1) is 14.2. The summed E-state index contributed by atoms with van der Waals surface area (Å²) in [7, 11) is 0. The molecule has 2 N–H and O–H groups in total. The lowest BCUT2D eigenvalue weighted by molar-refractivity contribution is -0.140. The van der Waals surface area contributed by atoms with Crippen molar-refractivity contribution in [2.75, 3.05) is 39.4 Å². The predicted molar refractivity (Wildman–Crippen MR) is 121 cm³/mol. The van der Waals surface area contributed by atoms with Crippen LogP contribution in [0.1, 0.15) is 62.6 Å². The number of piperidine rings is 1. The van der Waals surface area contributed by atoms with E-state index in [0.717, 1.165) is 83.8 Å². The van der Waals surface area contributed by atoms with Crippen molar-refractivity contribution in [3.8, 4) is 0 Å². The molecule has 176 valence electrons. The summed E-state index contributed by atoms with van der Waals surface area (Å²) < 4.78 is 10.9. The zero-order valence-corrected chi connectivity index (χ0v) is 19.6. The van der Waals surface area contributed by atoms with E-state index in [0.29, 0.717) is 30.2 Å². The monoisotopic (exact) mass is 475 g/mol. The predicted octanol–water partition coefficient (Wildman–Crippen LogP) is 2.28. The molecule has 0 spiro atoms. The van der Waals surface area contributed by atoms with Crippen LogP contribution in [0.4, 0.5) is 0 Å². The summed E-state index contributed by atoms with van der Waals surface area (Å²) in [6.45, 7) is 5.86. The molecule has 4 aliphatic rings. The summed E-state index contributed by atoms with van der Waals surface area (Å²) in [6.07, 6.45) is 7.72. The Morgan fingerprint density at radius 3 is 2.74 bits per heavy atom. The lowest BCUT2D eigenvalue weighted by atomic mass is 9.61. The molecule has 2 saturated carbocycles. The molecule has 2 aliphatic carbocycles. The highest BCUT2D eigenvalue weighted by Crippen LogP contribution is 2.46. The Morgan fingerprint density at radius 2 is 2.00 bits per heavy atom. The van der Waals surface area contributed by atoms with Crippen LogP contribution in [0.25, 0.3) is 0 Å². The second kappa shape index (κ2) is 10.8. The van der Waals surface area contributed by atoms with Crippen molar-refractivity contribution >= 4 is 30.7 Å². The molecule has 0 unspecified atom stereocenters. The number of hydrogen-bond acceptors (Lipinski definition) is 7. The maximum atomic E-state index is 13.3. The van der Waals surface area contributed by atoms with Crippen molar-refractivity contribution in [2.24, 2.45) is 11.3 Å². The molecule has 3 atom stereocenters. The van der Waals surface area contributed by atoms with Gasteiger partial charge in [0.15, 0.2) is 5.82 Å². The molecule has 0 aromatic carbocycles. The highest BCUT2D eigenvalue weighted by molar-refractivity contribution is 5.85. The molecule has 1 aromatic heterocycles. The van der Waals surface area contributed by atoms with Crippen molar-refractivity contribution in [3.05, 3.63) is 11.7 Å². The minimum atomic E-state index is -0.304. The maximum absolute atomic E-state index is 13.3. The molecule has 4 fully saturated rings. The van der Waals surface area contributed by atoms with E-state index in [-0.39, 0.29) is 36.1 Å². The van der Waals surface area contributed by atoms with Gasteiger partial charge in [-0.2, -0.15) is 4.98 Å². The van der Waals surface area contributed by atoms with Gasteiger partial charge in [-0.15, -0.1) is 24.8 Å². The zero-order chi connectivity index (χ0) is 19.7. The van der Waals surface area contributed by atoms with E-state index < -0.39 is 0 Å². The summed E-state index contributed by atoms with van der Waals surface area (Å²) in [4.78, 5) is 20.4. The van der Waals surface area contributed by atoms with Gasteiger partial charge < -0.3 is 19.9 Å². The van der Waals surface area contributed by atoms with Gasteiger partial charge in [-0.3, -0.25) is 9.69 Å². The fourth-order valence-electron chi connectivity index (χ4n) is 5.66. The third-order valence-electron chi connectivity index (χ3n) is 7.73. The first kappa shape index (κ1) is 24.7. The second-order valence-corrected chi connectivity index (χ2v) is 9.25. The Hall–Kier alpha value is -0.930. The van der Waals surface area contributed by atoms with Gasteiger partial charge in [-0.05, 0) is 51.0 Å². The van der Waals surface area contributed by atoms with Crippen LogP contribution in [-0.4, -0.2) is 66.4 Å². The number of carbonyl (C=O) groups excluding carboxylic acids is 1. The minimum Gasteiger partial charge on any atom is -0.379 e. The van der Waals surface area contributed by atoms with Crippen molar-refractivity contribution in [2.45, 2.75) is 63.5 Å². The summed E-state index contributed by atoms with van der Waals surface area (Å²) in [5.74, 6) is 2.35. The van der Waals surface area contributed by atoms with Crippen LogP contribution in [0, 0.1) is 11.3 Å². The van der Waals surface area contributed by atoms with E-state index in [1.165, 1.54) is 6.42 Å². The molecule has 1 amide bonds. The van der Waals surface area contributed by atoms with Gasteiger partial charge in [-0.1, -0.05) is 11.6 Å². The molecule has 3 heterocycles. The zero-order valence-electron chi connectivity index (χ0n) is 18.0. The number of morpholine rings is 1. The lowest BCUT2D eigenvalue weighted by Crippen LogP contribution is -2.60. The van der Waals surface area contributed by atoms with Gasteiger partial charge in [-0.25, -0.2) is 0 Å². The summed E-state index contributed by atoms with van der Waals surface area (Å²) in [5.41, 5.74) is -0.304. The Bertz CT molecular complexity index is 726. The Kier molecular flexibility index (Phi) is 8.60. The largest absolute Gasteiger partial charge is 0.379 e. The Labute approximate surface area is 196 Å². The number of aromatic nitrogens is 2. The molecule has 0 radical (unpaired) electrons. The number of halogens is 2. The summed E-state index contributed by atoms with van der Waals surface area (Å²) >= 11 is 0. The smallest absolute Gasteiger partial charge is 0.229 e. The third-order valence-corrected chi connectivity index (χ3v) is 7.73. The van der Waals surface area contributed by atoms with Crippen molar-refractivity contribution < 1.29 is 14.1 Å². The first-order valence-corrected chi connectivity index (χ1v) is 11.4. The Morgan fingerprint density at radius 1 is 1.19 bits per heavy atom. The molecule has 31 heavy (non-hydrogen) atoms. The number of carbonyl (C=O) groups is 1. The number of amides is 1. The van der Waals surface area contributed by atoms with E-state index in [4.69, 9.17) is 9.26 Å². The molecule has 10 heteroatoms. The molecule has 2 aliphatic heterocycles. The summed E-state index contributed by atoms with van der Waals surface area (Å²) in [5, 5.41) is 10.7. The molecule has 0 bridgehead atoms. The van der Waals surface area contributed by atoms with Crippen molar-refractivity contribution in [1.29, 1.82) is 0 Å². The van der Waals surface area contributed by atoms with Crippen LogP contribution in [0.15, 0.2) is 4.52 Å². The normalized spacial score (nSPS) is 31.5. The van der Waals surface area contributed by atoms with Crippen LogP contribution in [0.2, 0.25) is 0 Å². The van der Waals surface area contributed by atoms with Gasteiger partial charge in [0.2, 0.25) is 11.8 Å². The molecule has 5 rings (SSSR count). The topological polar surface area (TPSA) is 92.5 Å². The summed E-state index contributed by atoms with van der Waals surface area (Å²) in [6, 6.07) is 0.588. The van der Waals surface area contributed by atoms with Crippen LogP contribution in [-0.2, 0) is 16.1 Å². The number of hydrogen-bond donors (Lipinski definition) is 2. The highest BCUT2D eigenvalue weighted by Gasteiger charge is 2.50. The van der Waals surface area contributed by atoms with Gasteiger partial charge in [0.1, 0.15) is 0 Å². The Balaban J connectivity index is 0.00000136. The molecular formula is C21H35Cl2N5O3. The fourth-order valence-corrected chi connectivity index (χ4v) is 5.66. The molecule has 2 saturated heterocycles. The van der Waals surface area contributed by atoms with E-state index in [1.807, 2.05) is 0 Å². The number of nitrogens with one attached hydrogen (secondary N) is 2. The lowest BCUT2D eigenvalue weighted by Gasteiger charge is -2.50. The number of fused-ring (bicyclic) bond motifs is 1. The maximum Gasteiger partial charge on any atom is 0.229 e. The number of ether oxygens (including phenoxy) is 1. The van der Waals surface area contributed by atoms with Gasteiger partial charge >= 0.3 is 0 Å². The average Bonchev–Trinajstić information content (AvgIpc) is 3.19. The number of rotatable bonds is 5. The standard InChI is InChI=1S/C21H33N5O3.2ClH/c27-20(23-13-18-24-19(29-25-18)15-2-1-3-15)21-6-4-17(26-8-10-28-11-9-26)12-16(21)5-7-22-14-21;;/h15-17,22H,1-14H2,(H,23,27);2*1H/t16-,17-,21-;;/m1../s1. The van der Waals surface area contributed by atoms with Crippen LogP contribution >= 0.6 is 24.8 Å². The molecule has 8 nitrogen and oxygen atoms in total.